The fraction of sp³-hybridized carbons (Fsp3) is 0.538. The Hall–Kier alpha value is -0.580. The summed E-state index contributed by atoms with van der Waals surface area (Å²) >= 11 is 5.65. The summed E-state index contributed by atoms with van der Waals surface area (Å²) in [5.41, 5.74) is 1.06. The third kappa shape index (κ3) is 3.70. The van der Waals surface area contributed by atoms with E-state index in [0.717, 1.165) is 18.4 Å². The third-order valence-corrected chi connectivity index (χ3v) is 4.95. The Morgan fingerprint density at radius 1 is 1.17 bits per heavy atom. The summed E-state index contributed by atoms with van der Waals surface area (Å²) in [4.78, 5) is 0.358. The standard InChI is InChI=1S/C13H20ClNO2S/c1-3-11-15(4-2)18(16,17)13-7-5-12(6-8-13)9-10-14/h5-8H,3-4,9-11H2,1-2H3. The molecule has 0 saturated heterocycles. The molecule has 18 heavy (non-hydrogen) atoms. The molecule has 0 amide bonds. The number of aryl methyl sites for hydroxylation is 1. The van der Waals surface area contributed by atoms with Crippen molar-refractivity contribution in [1.29, 1.82) is 0 Å². The number of nitrogens with zero attached hydrogens (tertiary/aromatic N) is 1. The second-order valence-corrected chi connectivity index (χ2v) is 6.40. The molecular weight excluding hydrogens is 270 g/mol. The zero-order chi connectivity index (χ0) is 13.6. The first-order chi connectivity index (χ1) is 8.56. The fourth-order valence-corrected chi connectivity index (χ4v) is 3.54. The smallest absolute Gasteiger partial charge is 0.207 e. The predicted molar refractivity (Wildman–Crippen MR) is 75.6 cm³/mol. The molecule has 0 aromatic heterocycles. The van der Waals surface area contributed by atoms with Crippen molar-refractivity contribution in [3.63, 3.8) is 0 Å². The maximum atomic E-state index is 12.3. The Morgan fingerprint density at radius 2 is 1.78 bits per heavy atom. The molecule has 0 aliphatic heterocycles. The summed E-state index contributed by atoms with van der Waals surface area (Å²) in [6, 6.07) is 6.98. The minimum Gasteiger partial charge on any atom is -0.207 e. The average molecular weight is 290 g/mol. The number of benzene rings is 1. The van der Waals surface area contributed by atoms with Crippen LogP contribution in [0.25, 0.3) is 0 Å². The first-order valence-electron chi connectivity index (χ1n) is 6.21. The summed E-state index contributed by atoms with van der Waals surface area (Å²) in [5, 5.41) is 0. The van der Waals surface area contributed by atoms with Crippen molar-refractivity contribution in [2.45, 2.75) is 31.6 Å². The average Bonchev–Trinajstić information content (AvgIpc) is 2.36. The largest absolute Gasteiger partial charge is 0.243 e. The summed E-state index contributed by atoms with van der Waals surface area (Å²) in [5.74, 6) is 0.545. The molecule has 0 saturated carbocycles. The molecule has 0 atom stereocenters. The van der Waals surface area contributed by atoms with Gasteiger partial charge in [0, 0.05) is 19.0 Å². The monoisotopic (exact) mass is 289 g/mol. The van der Waals surface area contributed by atoms with E-state index in [9.17, 15) is 8.42 Å². The van der Waals surface area contributed by atoms with E-state index in [1.54, 1.807) is 12.1 Å². The molecule has 0 spiro atoms. The molecule has 102 valence electrons. The zero-order valence-corrected chi connectivity index (χ0v) is 12.5. The minimum absolute atomic E-state index is 0.358. The lowest BCUT2D eigenvalue weighted by Crippen LogP contribution is -2.31. The van der Waals surface area contributed by atoms with Gasteiger partial charge in [-0.3, -0.25) is 0 Å². The van der Waals surface area contributed by atoms with Crippen LogP contribution in [0.3, 0.4) is 0 Å². The van der Waals surface area contributed by atoms with E-state index in [-0.39, 0.29) is 0 Å². The Morgan fingerprint density at radius 3 is 2.22 bits per heavy atom. The van der Waals surface area contributed by atoms with Crippen LogP contribution < -0.4 is 0 Å². The number of sulfonamides is 1. The lowest BCUT2D eigenvalue weighted by Gasteiger charge is -2.19. The molecule has 0 fully saturated rings. The quantitative estimate of drug-likeness (QED) is 0.724. The first kappa shape index (κ1) is 15.5. The van der Waals surface area contributed by atoms with Crippen LogP contribution in [0.4, 0.5) is 0 Å². The van der Waals surface area contributed by atoms with E-state index >= 15 is 0 Å². The molecule has 5 heteroatoms. The van der Waals surface area contributed by atoms with E-state index in [4.69, 9.17) is 11.6 Å². The molecule has 0 bridgehead atoms. The van der Waals surface area contributed by atoms with Crippen LogP contribution >= 0.6 is 11.6 Å². The van der Waals surface area contributed by atoms with Crippen LogP contribution in [0, 0.1) is 0 Å². The van der Waals surface area contributed by atoms with Gasteiger partial charge in [-0.2, -0.15) is 4.31 Å². The molecule has 1 aromatic rings. The minimum atomic E-state index is -3.34. The number of rotatable bonds is 7. The molecule has 0 aliphatic rings. The normalized spacial score (nSPS) is 12.0. The van der Waals surface area contributed by atoms with Gasteiger partial charge in [-0.25, -0.2) is 8.42 Å². The number of halogens is 1. The van der Waals surface area contributed by atoms with Crippen molar-refractivity contribution in [3.05, 3.63) is 29.8 Å². The van der Waals surface area contributed by atoms with E-state index in [1.807, 2.05) is 26.0 Å². The molecule has 0 N–H and O–H groups in total. The molecule has 0 aliphatic carbocycles. The van der Waals surface area contributed by atoms with Crippen LogP contribution in [0.2, 0.25) is 0 Å². The van der Waals surface area contributed by atoms with E-state index in [1.165, 1.54) is 4.31 Å². The summed E-state index contributed by atoms with van der Waals surface area (Å²) in [7, 11) is -3.34. The van der Waals surface area contributed by atoms with Crippen LogP contribution in [-0.2, 0) is 16.4 Å². The second kappa shape index (κ2) is 7.12. The highest BCUT2D eigenvalue weighted by atomic mass is 35.5. The van der Waals surface area contributed by atoms with Crippen LogP contribution in [-0.4, -0.2) is 31.7 Å². The number of hydrogen-bond donors (Lipinski definition) is 0. The molecule has 0 heterocycles. The lowest BCUT2D eigenvalue weighted by molar-refractivity contribution is 0.427. The van der Waals surface area contributed by atoms with Crippen LogP contribution in [0.1, 0.15) is 25.8 Å². The molecule has 0 unspecified atom stereocenters. The number of hydrogen-bond acceptors (Lipinski definition) is 2. The van der Waals surface area contributed by atoms with Gasteiger partial charge >= 0.3 is 0 Å². The zero-order valence-electron chi connectivity index (χ0n) is 10.9. The Bertz CT molecular complexity index is 456. The molecule has 0 radical (unpaired) electrons. The summed E-state index contributed by atoms with van der Waals surface area (Å²) < 4.78 is 26.1. The molecule has 1 rings (SSSR count). The fourth-order valence-electron chi connectivity index (χ4n) is 1.78. The van der Waals surface area contributed by atoms with Gasteiger partial charge < -0.3 is 0 Å². The van der Waals surface area contributed by atoms with Gasteiger partial charge in [0.05, 0.1) is 4.90 Å². The maximum Gasteiger partial charge on any atom is 0.243 e. The van der Waals surface area contributed by atoms with Gasteiger partial charge in [0.2, 0.25) is 10.0 Å². The van der Waals surface area contributed by atoms with Gasteiger partial charge in [-0.05, 0) is 30.5 Å². The van der Waals surface area contributed by atoms with Crippen molar-refractivity contribution in [3.8, 4) is 0 Å². The summed E-state index contributed by atoms with van der Waals surface area (Å²) in [6.45, 7) is 4.89. The topological polar surface area (TPSA) is 37.4 Å². The van der Waals surface area contributed by atoms with Crippen molar-refractivity contribution >= 4 is 21.6 Å². The number of alkyl halides is 1. The second-order valence-electron chi connectivity index (χ2n) is 4.08. The maximum absolute atomic E-state index is 12.3. The van der Waals surface area contributed by atoms with Gasteiger partial charge in [0.1, 0.15) is 0 Å². The molecule has 1 aromatic carbocycles. The Labute approximate surface area is 115 Å². The highest BCUT2D eigenvalue weighted by molar-refractivity contribution is 7.89. The van der Waals surface area contributed by atoms with Crippen LogP contribution in [0.15, 0.2) is 29.2 Å². The van der Waals surface area contributed by atoms with Gasteiger partial charge in [0.25, 0.3) is 0 Å². The van der Waals surface area contributed by atoms with Crippen molar-refractivity contribution in [1.82, 2.24) is 4.31 Å². The Balaban J connectivity index is 2.97. The first-order valence-corrected chi connectivity index (χ1v) is 8.18. The highest BCUT2D eigenvalue weighted by Crippen LogP contribution is 2.17. The molecular formula is C13H20ClNO2S. The Kier molecular flexibility index (Phi) is 6.12. The van der Waals surface area contributed by atoms with E-state index in [0.29, 0.717) is 23.9 Å². The predicted octanol–water partition coefficient (Wildman–Crippen LogP) is 2.89. The van der Waals surface area contributed by atoms with Crippen molar-refractivity contribution in [2.75, 3.05) is 19.0 Å². The highest BCUT2D eigenvalue weighted by Gasteiger charge is 2.21. The van der Waals surface area contributed by atoms with E-state index < -0.39 is 10.0 Å². The summed E-state index contributed by atoms with van der Waals surface area (Å²) in [6.07, 6.45) is 1.58. The van der Waals surface area contributed by atoms with E-state index in [2.05, 4.69) is 0 Å². The third-order valence-electron chi connectivity index (χ3n) is 2.77. The van der Waals surface area contributed by atoms with Gasteiger partial charge in [0.15, 0.2) is 0 Å². The SMILES string of the molecule is CCCN(CC)S(=O)(=O)c1ccc(CCCl)cc1. The van der Waals surface area contributed by atoms with Crippen molar-refractivity contribution in [2.24, 2.45) is 0 Å². The van der Waals surface area contributed by atoms with Gasteiger partial charge in [-0.15, -0.1) is 11.6 Å². The van der Waals surface area contributed by atoms with Crippen LogP contribution in [0.5, 0.6) is 0 Å². The van der Waals surface area contributed by atoms with Crippen molar-refractivity contribution < 1.29 is 8.42 Å². The van der Waals surface area contributed by atoms with Gasteiger partial charge in [-0.1, -0.05) is 26.0 Å². The lowest BCUT2D eigenvalue weighted by atomic mass is 10.2. The molecule has 3 nitrogen and oxygen atoms in total.